The van der Waals surface area contributed by atoms with Crippen molar-refractivity contribution in [2.75, 3.05) is 0 Å². The zero-order valence-electron chi connectivity index (χ0n) is 6.77. The van der Waals surface area contributed by atoms with Crippen LogP contribution in [0.15, 0.2) is 23.0 Å². The maximum absolute atomic E-state index is 13.4. The van der Waals surface area contributed by atoms with Gasteiger partial charge in [-0.25, -0.2) is 8.78 Å². The largest absolute Gasteiger partial charge is 0.314 e. The average Bonchev–Trinajstić information content (AvgIpc) is 2.14. The van der Waals surface area contributed by atoms with Crippen molar-refractivity contribution < 1.29 is 8.78 Å². The van der Waals surface area contributed by atoms with Gasteiger partial charge in [-0.2, -0.15) is 0 Å². The van der Waals surface area contributed by atoms with E-state index in [0.29, 0.717) is 0 Å². The lowest BCUT2D eigenvalue weighted by Gasteiger charge is -2.01. The second-order valence-electron chi connectivity index (χ2n) is 2.74. The van der Waals surface area contributed by atoms with E-state index in [1.165, 1.54) is 12.1 Å². The highest BCUT2D eigenvalue weighted by molar-refractivity contribution is 14.1. The molecule has 0 atom stereocenters. The summed E-state index contributed by atoms with van der Waals surface area (Å²) in [5.74, 6) is -1.31. The van der Waals surface area contributed by atoms with Gasteiger partial charge in [-0.1, -0.05) is 12.1 Å². The first-order valence-corrected chi connectivity index (χ1v) is 4.84. The van der Waals surface area contributed by atoms with Crippen molar-refractivity contribution in [3.8, 4) is 0 Å². The summed E-state index contributed by atoms with van der Waals surface area (Å²) in [5.41, 5.74) is -0.607. The highest BCUT2D eigenvalue weighted by Crippen LogP contribution is 2.19. The molecule has 0 fully saturated rings. The van der Waals surface area contributed by atoms with Gasteiger partial charge in [0.05, 0.1) is 5.39 Å². The van der Waals surface area contributed by atoms with Gasteiger partial charge in [-0.3, -0.25) is 4.79 Å². The van der Waals surface area contributed by atoms with Crippen molar-refractivity contribution >= 4 is 33.4 Å². The van der Waals surface area contributed by atoms with Gasteiger partial charge in [-0.15, -0.1) is 0 Å². The molecule has 0 aliphatic carbocycles. The molecule has 0 radical (unpaired) electrons. The number of hydrogen-bond donors (Lipinski definition) is 1. The van der Waals surface area contributed by atoms with Gasteiger partial charge < -0.3 is 4.98 Å². The molecule has 1 aromatic heterocycles. The van der Waals surface area contributed by atoms with Crippen LogP contribution in [0.25, 0.3) is 10.8 Å². The van der Waals surface area contributed by atoms with Crippen molar-refractivity contribution in [1.82, 2.24) is 4.98 Å². The lowest BCUT2D eigenvalue weighted by molar-refractivity contribution is 0.615. The fourth-order valence-electron chi connectivity index (χ4n) is 1.27. The number of halogens is 3. The van der Waals surface area contributed by atoms with Crippen molar-refractivity contribution in [2.24, 2.45) is 0 Å². The Morgan fingerprint density at radius 2 is 2.00 bits per heavy atom. The van der Waals surface area contributed by atoms with E-state index >= 15 is 0 Å². The lowest BCUT2D eigenvalue weighted by atomic mass is 10.1. The highest BCUT2D eigenvalue weighted by Gasteiger charge is 2.11. The van der Waals surface area contributed by atoms with Crippen molar-refractivity contribution in [2.45, 2.75) is 0 Å². The molecular formula is C9H4F2INO. The first-order valence-electron chi connectivity index (χ1n) is 3.77. The minimum Gasteiger partial charge on any atom is -0.314 e. The predicted octanol–water partition coefficient (Wildman–Crippen LogP) is 2.41. The van der Waals surface area contributed by atoms with Crippen LogP contribution in [0.2, 0.25) is 0 Å². The highest BCUT2D eigenvalue weighted by atomic mass is 127. The minimum absolute atomic E-state index is 0.0122. The van der Waals surface area contributed by atoms with E-state index in [0.717, 1.165) is 6.07 Å². The molecule has 0 spiro atoms. The van der Waals surface area contributed by atoms with Crippen LogP contribution < -0.4 is 5.56 Å². The van der Waals surface area contributed by atoms with Gasteiger partial charge in [0.25, 0.3) is 5.56 Å². The molecule has 0 bridgehead atoms. The number of nitrogens with one attached hydrogen (secondary N) is 1. The fraction of sp³-hybridized carbons (Fsp3) is 0. The zero-order chi connectivity index (χ0) is 10.3. The monoisotopic (exact) mass is 307 g/mol. The smallest absolute Gasteiger partial charge is 0.259 e. The van der Waals surface area contributed by atoms with Crippen molar-refractivity contribution in [3.05, 3.63) is 43.9 Å². The number of aromatic nitrogens is 1. The third-order valence-electron chi connectivity index (χ3n) is 1.89. The molecule has 0 aliphatic heterocycles. The van der Waals surface area contributed by atoms with Crippen LogP contribution in [0.1, 0.15) is 0 Å². The molecule has 14 heavy (non-hydrogen) atoms. The van der Waals surface area contributed by atoms with Gasteiger partial charge in [0.15, 0.2) is 5.82 Å². The summed E-state index contributed by atoms with van der Waals surface area (Å²) in [5, 5.41) is -0.219. The number of hydrogen-bond acceptors (Lipinski definition) is 1. The van der Waals surface area contributed by atoms with Crippen LogP contribution in [-0.4, -0.2) is 4.98 Å². The van der Waals surface area contributed by atoms with E-state index in [9.17, 15) is 13.6 Å². The van der Waals surface area contributed by atoms with Crippen LogP contribution in [-0.2, 0) is 0 Å². The number of H-pyrrole nitrogens is 1. The summed E-state index contributed by atoms with van der Waals surface area (Å²) in [6.07, 6.45) is 0. The predicted molar refractivity (Wildman–Crippen MR) is 57.2 cm³/mol. The quantitative estimate of drug-likeness (QED) is 0.588. The third kappa shape index (κ3) is 1.31. The second kappa shape index (κ2) is 3.30. The summed E-state index contributed by atoms with van der Waals surface area (Å²) in [7, 11) is 0. The molecule has 0 amide bonds. The average molecular weight is 307 g/mol. The van der Waals surface area contributed by atoms with E-state index in [4.69, 9.17) is 0 Å². The van der Waals surface area contributed by atoms with Crippen LogP contribution in [0.4, 0.5) is 8.78 Å². The third-order valence-corrected chi connectivity index (χ3v) is 2.64. The number of fused-ring (bicyclic) bond motifs is 1. The maximum atomic E-state index is 13.4. The van der Waals surface area contributed by atoms with E-state index in [2.05, 4.69) is 4.98 Å². The topological polar surface area (TPSA) is 32.9 Å². The Labute approximate surface area is 91.1 Å². The van der Waals surface area contributed by atoms with Gasteiger partial charge in [0, 0.05) is 5.39 Å². The molecule has 1 aromatic carbocycles. The van der Waals surface area contributed by atoms with Gasteiger partial charge in [0.2, 0.25) is 0 Å². The Hall–Kier alpha value is -0.980. The molecule has 72 valence electrons. The summed E-state index contributed by atoms with van der Waals surface area (Å²) in [4.78, 5) is 13.5. The number of pyridine rings is 1. The number of rotatable bonds is 0. The Kier molecular flexibility index (Phi) is 2.26. The second-order valence-corrected chi connectivity index (χ2v) is 3.82. The Bertz CT molecular complexity index is 564. The Morgan fingerprint density at radius 3 is 2.71 bits per heavy atom. The number of aromatic amines is 1. The SMILES string of the molecule is O=c1[nH]c(I)c(F)c2cccc(F)c12. The summed E-state index contributed by atoms with van der Waals surface area (Å²) in [6.45, 7) is 0. The molecule has 2 rings (SSSR count). The Morgan fingerprint density at radius 1 is 1.29 bits per heavy atom. The lowest BCUT2D eigenvalue weighted by Crippen LogP contribution is -2.11. The standard InChI is InChI=1S/C9H4F2INO/c10-5-3-1-2-4-6(5)9(14)13-8(12)7(4)11/h1-3H,(H,13,14). The molecular weight excluding hydrogens is 303 g/mol. The molecule has 1 N–H and O–H groups in total. The zero-order valence-corrected chi connectivity index (χ0v) is 8.93. The van der Waals surface area contributed by atoms with Crippen LogP contribution in [0.3, 0.4) is 0 Å². The Balaban J connectivity index is 3.10. The van der Waals surface area contributed by atoms with Crippen LogP contribution >= 0.6 is 22.6 Å². The molecule has 2 aromatic rings. The summed E-state index contributed by atoms with van der Waals surface area (Å²) >= 11 is 1.66. The first kappa shape index (κ1) is 9.57. The minimum atomic E-state index is -0.709. The van der Waals surface area contributed by atoms with Gasteiger partial charge >= 0.3 is 0 Å². The normalized spacial score (nSPS) is 10.8. The van der Waals surface area contributed by atoms with E-state index in [1.54, 1.807) is 22.6 Å². The molecule has 0 saturated heterocycles. The molecule has 0 saturated carbocycles. The van der Waals surface area contributed by atoms with E-state index < -0.39 is 17.2 Å². The number of benzene rings is 1. The molecule has 1 heterocycles. The van der Waals surface area contributed by atoms with Crippen molar-refractivity contribution in [3.63, 3.8) is 0 Å². The van der Waals surface area contributed by atoms with Crippen molar-refractivity contribution in [1.29, 1.82) is 0 Å². The fourth-order valence-corrected chi connectivity index (χ4v) is 1.81. The summed E-state index contributed by atoms with van der Waals surface area (Å²) in [6, 6.07) is 3.88. The first-order chi connectivity index (χ1) is 6.61. The van der Waals surface area contributed by atoms with Gasteiger partial charge in [0.1, 0.15) is 9.52 Å². The maximum Gasteiger partial charge on any atom is 0.259 e. The van der Waals surface area contributed by atoms with Crippen LogP contribution in [0, 0.1) is 15.3 Å². The molecule has 2 nitrogen and oxygen atoms in total. The molecule has 5 heteroatoms. The molecule has 0 aliphatic rings. The molecule has 0 unspecified atom stereocenters. The van der Waals surface area contributed by atoms with E-state index in [-0.39, 0.29) is 14.5 Å². The van der Waals surface area contributed by atoms with E-state index in [1.807, 2.05) is 0 Å². The van der Waals surface area contributed by atoms with Gasteiger partial charge in [-0.05, 0) is 28.7 Å². The van der Waals surface area contributed by atoms with Crippen LogP contribution in [0.5, 0.6) is 0 Å². The summed E-state index contributed by atoms with van der Waals surface area (Å²) < 4.78 is 26.7.